The third-order valence-electron chi connectivity index (χ3n) is 6.46. The molecule has 3 N–H and O–H groups in total. The number of carbonyl (C=O) groups is 1. The Labute approximate surface area is 214 Å². The van der Waals surface area contributed by atoms with Crippen LogP contribution in [0.5, 0.6) is 17.2 Å². The van der Waals surface area contributed by atoms with E-state index in [-0.39, 0.29) is 5.91 Å². The molecule has 2 aromatic heterocycles. The standard InChI is InChI=1S/C26H29N7O4/c1-15-7-8-17-18(10-15)29-26(33-9-5-6-19(33)24(27)34)31-25(17)30-22-13-32(14-28-22)16-11-20(35-2)23(37-4)21(12-16)36-3/h7-8,10-14,19H,5-6,9H2,1-4H3,(H2,27,34)(H,29,30,31). The summed E-state index contributed by atoms with van der Waals surface area (Å²) in [5, 5.41) is 4.17. The first-order valence-electron chi connectivity index (χ1n) is 11.9. The molecule has 11 heteroatoms. The number of fused-ring (bicyclic) bond motifs is 1. The maximum atomic E-state index is 12.0. The third-order valence-corrected chi connectivity index (χ3v) is 6.46. The van der Waals surface area contributed by atoms with Crippen LogP contribution in [0.4, 0.5) is 17.6 Å². The molecule has 1 fully saturated rings. The van der Waals surface area contributed by atoms with Crippen LogP contribution in [0.2, 0.25) is 0 Å². The van der Waals surface area contributed by atoms with E-state index >= 15 is 0 Å². The number of primary amides is 1. The van der Waals surface area contributed by atoms with Gasteiger partial charge in [0.25, 0.3) is 0 Å². The zero-order valence-electron chi connectivity index (χ0n) is 21.2. The second-order valence-corrected chi connectivity index (χ2v) is 8.82. The Kier molecular flexibility index (Phi) is 6.43. The van der Waals surface area contributed by atoms with Crippen LogP contribution < -0.4 is 30.2 Å². The summed E-state index contributed by atoms with van der Waals surface area (Å²) in [7, 11) is 4.71. The van der Waals surface area contributed by atoms with Crippen LogP contribution in [0.25, 0.3) is 16.6 Å². The minimum Gasteiger partial charge on any atom is -0.493 e. The van der Waals surface area contributed by atoms with Crippen LogP contribution >= 0.6 is 0 Å². The van der Waals surface area contributed by atoms with Crippen molar-refractivity contribution in [3.05, 3.63) is 48.4 Å². The molecule has 11 nitrogen and oxygen atoms in total. The van der Waals surface area contributed by atoms with Crippen LogP contribution in [-0.4, -0.2) is 59.3 Å². The number of nitrogens with two attached hydrogens (primary N) is 1. The molecule has 0 spiro atoms. The van der Waals surface area contributed by atoms with Gasteiger partial charge in [0, 0.05) is 24.1 Å². The van der Waals surface area contributed by atoms with E-state index in [1.54, 1.807) is 27.7 Å². The number of carbonyl (C=O) groups excluding carboxylic acids is 1. The first-order chi connectivity index (χ1) is 17.9. The van der Waals surface area contributed by atoms with E-state index in [2.05, 4.69) is 10.3 Å². The monoisotopic (exact) mass is 503 g/mol. The van der Waals surface area contributed by atoms with Gasteiger partial charge in [0.2, 0.25) is 17.6 Å². The molecular formula is C26H29N7O4. The van der Waals surface area contributed by atoms with E-state index in [1.165, 1.54) is 0 Å². The quantitative estimate of drug-likeness (QED) is 0.372. The summed E-state index contributed by atoms with van der Waals surface area (Å²) in [5.41, 5.74) is 8.27. The Hall–Kier alpha value is -4.54. The molecule has 0 bridgehead atoms. The lowest BCUT2D eigenvalue weighted by atomic mass is 10.1. The lowest BCUT2D eigenvalue weighted by molar-refractivity contribution is -0.119. The molecule has 1 aliphatic heterocycles. The van der Waals surface area contributed by atoms with Gasteiger partial charge in [0.1, 0.15) is 24.0 Å². The summed E-state index contributed by atoms with van der Waals surface area (Å²) in [6.45, 7) is 2.68. The third kappa shape index (κ3) is 4.55. The van der Waals surface area contributed by atoms with E-state index in [1.807, 2.05) is 52.9 Å². The number of nitrogens with zero attached hydrogens (tertiary/aromatic N) is 5. The molecular weight excluding hydrogens is 474 g/mol. The maximum Gasteiger partial charge on any atom is 0.240 e. The molecule has 37 heavy (non-hydrogen) atoms. The summed E-state index contributed by atoms with van der Waals surface area (Å²) in [6.07, 6.45) is 5.06. The highest BCUT2D eigenvalue weighted by molar-refractivity contribution is 5.92. The molecule has 0 saturated carbocycles. The van der Waals surface area contributed by atoms with Crippen LogP contribution in [0.3, 0.4) is 0 Å². The minimum atomic E-state index is -0.422. The van der Waals surface area contributed by atoms with E-state index in [9.17, 15) is 4.79 Å². The number of benzene rings is 2. The van der Waals surface area contributed by atoms with Crippen LogP contribution in [-0.2, 0) is 4.79 Å². The second kappa shape index (κ2) is 9.84. The van der Waals surface area contributed by atoms with Gasteiger partial charge in [-0.15, -0.1) is 0 Å². The number of aryl methyl sites for hydroxylation is 1. The number of hydrogen-bond acceptors (Lipinski definition) is 9. The summed E-state index contributed by atoms with van der Waals surface area (Å²) in [5.74, 6) is 2.85. The average Bonchev–Trinajstić information content (AvgIpc) is 3.57. The maximum absolute atomic E-state index is 12.0. The van der Waals surface area contributed by atoms with Gasteiger partial charge in [-0.2, -0.15) is 4.98 Å². The molecule has 192 valence electrons. The lowest BCUT2D eigenvalue weighted by Crippen LogP contribution is -2.41. The molecule has 2 aromatic carbocycles. The van der Waals surface area contributed by atoms with Crippen molar-refractivity contribution in [2.75, 3.05) is 38.1 Å². The topological polar surface area (TPSA) is 130 Å². The summed E-state index contributed by atoms with van der Waals surface area (Å²) in [6, 6.07) is 9.23. The Morgan fingerprint density at radius 2 is 1.84 bits per heavy atom. The molecule has 1 amide bonds. The van der Waals surface area contributed by atoms with E-state index in [4.69, 9.17) is 29.9 Å². The fourth-order valence-electron chi connectivity index (χ4n) is 4.62. The number of anilines is 3. The molecule has 3 heterocycles. The van der Waals surface area contributed by atoms with Crippen LogP contribution in [0.15, 0.2) is 42.9 Å². The van der Waals surface area contributed by atoms with Crippen LogP contribution in [0.1, 0.15) is 18.4 Å². The molecule has 1 atom stereocenters. The van der Waals surface area contributed by atoms with Gasteiger partial charge in [-0.1, -0.05) is 6.07 Å². The lowest BCUT2D eigenvalue weighted by Gasteiger charge is -2.23. The van der Waals surface area contributed by atoms with Crippen molar-refractivity contribution in [3.63, 3.8) is 0 Å². The van der Waals surface area contributed by atoms with Crippen molar-refractivity contribution in [3.8, 4) is 22.9 Å². The van der Waals surface area contributed by atoms with Crippen molar-refractivity contribution < 1.29 is 19.0 Å². The second-order valence-electron chi connectivity index (χ2n) is 8.82. The summed E-state index contributed by atoms with van der Waals surface area (Å²) >= 11 is 0. The Bertz CT molecular complexity index is 1440. The zero-order chi connectivity index (χ0) is 26.1. The van der Waals surface area contributed by atoms with E-state index in [0.717, 1.165) is 28.6 Å². The number of hydrogen-bond donors (Lipinski definition) is 2. The van der Waals surface area contributed by atoms with Gasteiger partial charge in [-0.25, -0.2) is 9.97 Å². The first-order valence-corrected chi connectivity index (χ1v) is 11.9. The number of nitrogens with one attached hydrogen (secondary N) is 1. The smallest absolute Gasteiger partial charge is 0.240 e. The highest BCUT2D eigenvalue weighted by atomic mass is 16.5. The molecule has 1 saturated heterocycles. The number of amides is 1. The van der Waals surface area contributed by atoms with Gasteiger partial charge in [0.15, 0.2) is 11.5 Å². The van der Waals surface area contributed by atoms with E-state index < -0.39 is 6.04 Å². The van der Waals surface area contributed by atoms with Gasteiger partial charge < -0.3 is 34.7 Å². The normalized spacial score (nSPS) is 15.1. The molecule has 0 aliphatic carbocycles. The summed E-state index contributed by atoms with van der Waals surface area (Å²) in [4.78, 5) is 28.0. The fourth-order valence-corrected chi connectivity index (χ4v) is 4.62. The van der Waals surface area contributed by atoms with Crippen molar-refractivity contribution in [1.29, 1.82) is 0 Å². The van der Waals surface area contributed by atoms with Crippen LogP contribution in [0, 0.1) is 6.92 Å². The molecule has 1 aliphatic rings. The number of aromatic nitrogens is 4. The predicted octanol–water partition coefficient (Wildman–Crippen LogP) is 3.35. The molecule has 0 radical (unpaired) electrons. The fraction of sp³-hybridized carbons (Fsp3) is 0.308. The Morgan fingerprint density at radius 3 is 2.51 bits per heavy atom. The highest BCUT2D eigenvalue weighted by Crippen LogP contribution is 2.39. The van der Waals surface area contributed by atoms with Gasteiger partial charge >= 0.3 is 0 Å². The van der Waals surface area contributed by atoms with Crippen molar-refractivity contribution >= 4 is 34.4 Å². The molecule has 4 aromatic rings. The SMILES string of the molecule is COc1cc(-n2cnc(Nc3nc(N4CCCC4C(N)=O)nc4cc(C)ccc34)c2)cc(OC)c1OC. The Morgan fingerprint density at radius 1 is 1.08 bits per heavy atom. The number of imidazole rings is 1. The predicted molar refractivity (Wildman–Crippen MR) is 140 cm³/mol. The van der Waals surface area contributed by atoms with Gasteiger partial charge in [0.05, 0.1) is 38.7 Å². The van der Waals surface area contributed by atoms with E-state index in [0.29, 0.717) is 47.8 Å². The Balaban J connectivity index is 1.52. The summed E-state index contributed by atoms with van der Waals surface area (Å²) < 4.78 is 18.2. The largest absolute Gasteiger partial charge is 0.493 e. The molecule has 5 rings (SSSR count). The zero-order valence-corrected chi connectivity index (χ0v) is 21.2. The van der Waals surface area contributed by atoms with Gasteiger partial charge in [-0.05, 0) is 37.5 Å². The van der Waals surface area contributed by atoms with Gasteiger partial charge in [-0.3, -0.25) is 4.79 Å². The average molecular weight is 504 g/mol. The van der Waals surface area contributed by atoms with Crippen molar-refractivity contribution in [1.82, 2.24) is 19.5 Å². The number of methoxy groups -OCH3 is 3. The van der Waals surface area contributed by atoms with Crippen molar-refractivity contribution in [2.45, 2.75) is 25.8 Å². The first kappa shape index (κ1) is 24.2. The number of ether oxygens (including phenoxy) is 3. The molecule has 1 unspecified atom stereocenters. The minimum absolute atomic E-state index is 0.371. The highest BCUT2D eigenvalue weighted by Gasteiger charge is 2.31. The van der Waals surface area contributed by atoms with Crippen molar-refractivity contribution in [2.24, 2.45) is 5.73 Å². The number of rotatable bonds is 8.